The van der Waals surface area contributed by atoms with E-state index in [0.29, 0.717) is 19.0 Å². The van der Waals surface area contributed by atoms with Crippen LogP contribution >= 0.6 is 0 Å². The Morgan fingerprint density at radius 3 is 2.50 bits per heavy atom. The molecule has 0 aromatic rings. The first-order valence-corrected chi connectivity index (χ1v) is 8.64. The highest BCUT2D eigenvalue weighted by Gasteiger charge is 2.30. The molecule has 0 bridgehead atoms. The molecule has 0 aromatic heterocycles. The van der Waals surface area contributed by atoms with E-state index in [1.54, 1.807) is 6.92 Å². The fourth-order valence-corrected chi connectivity index (χ4v) is 3.80. The number of hydrogen-bond acceptors (Lipinski definition) is 4. The number of ether oxygens (including phenoxy) is 1. The topological polar surface area (TPSA) is 58.6 Å². The van der Waals surface area contributed by atoms with Crippen molar-refractivity contribution in [2.75, 3.05) is 26.7 Å². The third kappa shape index (κ3) is 5.27. The maximum atomic E-state index is 11.7. The summed E-state index contributed by atoms with van der Waals surface area (Å²) in [4.78, 5) is 25.1. The SMILES string of the molecule is COC(=O)CC1CC(NCC2CCCCC2)CN(C(C)=O)C1. The quantitative estimate of drug-likeness (QED) is 0.789. The van der Waals surface area contributed by atoms with E-state index in [4.69, 9.17) is 4.74 Å². The number of carbonyl (C=O) groups excluding carboxylic acids is 2. The van der Waals surface area contributed by atoms with Gasteiger partial charge in [-0.2, -0.15) is 0 Å². The molecule has 1 N–H and O–H groups in total. The Balaban J connectivity index is 1.84. The molecular weight excluding hydrogens is 280 g/mol. The minimum Gasteiger partial charge on any atom is -0.469 e. The summed E-state index contributed by atoms with van der Waals surface area (Å²) in [5.41, 5.74) is 0. The molecule has 1 saturated carbocycles. The van der Waals surface area contributed by atoms with Crippen molar-refractivity contribution in [1.82, 2.24) is 10.2 Å². The van der Waals surface area contributed by atoms with Crippen molar-refractivity contribution in [3.8, 4) is 0 Å². The van der Waals surface area contributed by atoms with Crippen LogP contribution in [0.25, 0.3) is 0 Å². The van der Waals surface area contributed by atoms with Gasteiger partial charge in [-0.15, -0.1) is 0 Å². The summed E-state index contributed by atoms with van der Waals surface area (Å²) in [7, 11) is 1.42. The van der Waals surface area contributed by atoms with Gasteiger partial charge in [-0.3, -0.25) is 9.59 Å². The molecule has 2 aliphatic rings. The van der Waals surface area contributed by atoms with Crippen molar-refractivity contribution in [3.63, 3.8) is 0 Å². The van der Waals surface area contributed by atoms with Gasteiger partial charge in [-0.05, 0) is 37.6 Å². The van der Waals surface area contributed by atoms with Crippen molar-refractivity contribution in [2.45, 2.75) is 57.9 Å². The van der Waals surface area contributed by atoms with Crippen LogP contribution in [-0.4, -0.2) is 49.6 Å². The normalized spacial score (nSPS) is 26.7. The van der Waals surface area contributed by atoms with E-state index in [1.807, 2.05) is 4.90 Å². The van der Waals surface area contributed by atoms with E-state index in [-0.39, 0.29) is 17.8 Å². The van der Waals surface area contributed by atoms with Crippen LogP contribution in [-0.2, 0) is 14.3 Å². The first kappa shape index (κ1) is 17.3. The molecular formula is C17H30N2O3. The second-order valence-corrected chi connectivity index (χ2v) is 6.92. The largest absolute Gasteiger partial charge is 0.469 e. The van der Waals surface area contributed by atoms with Crippen LogP contribution < -0.4 is 5.32 Å². The molecule has 1 aliphatic heterocycles. The van der Waals surface area contributed by atoms with E-state index in [1.165, 1.54) is 39.2 Å². The summed E-state index contributed by atoms with van der Waals surface area (Å²) in [6, 6.07) is 0.300. The molecule has 22 heavy (non-hydrogen) atoms. The van der Waals surface area contributed by atoms with Gasteiger partial charge < -0.3 is 15.0 Å². The highest BCUT2D eigenvalue weighted by atomic mass is 16.5. The highest BCUT2D eigenvalue weighted by Crippen LogP contribution is 2.24. The molecule has 1 heterocycles. The van der Waals surface area contributed by atoms with Crippen LogP contribution in [0.4, 0.5) is 0 Å². The molecule has 0 aromatic carbocycles. The zero-order valence-electron chi connectivity index (χ0n) is 14.0. The van der Waals surface area contributed by atoms with Gasteiger partial charge in [0.05, 0.1) is 13.5 Å². The summed E-state index contributed by atoms with van der Waals surface area (Å²) in [5.74, 6) is 0.898. The van der Waals surface area contributed by atoms with Crippen LogP contribution in [0, 0.1) is 11.8 Å². The molecule has 5 nitrogen and oxygen atoms in total. The number of hydrogen-bond donors (Lipinski definition) is 1. The number of rotatable bonds is 5. The van der Waals surface area contributed by atoms with Crippen LogP contribution in [0.2, 0.25) is 0 Å². The number of carbonyl (C=O) groups is 2. The van der Waals surface area contributed by atoms with Crippen molar-refractivity contribution in [1.29, 1.82) is 0 Å². The summed E-state index contributed by atoms with van der Waals surface area (Å²) < 4.78 is 4.78. The highest BCUT2D eigenvalue weighted by molar-refractivity contribution is 5.74. The molecule has 1 aliphatic carbocycles. The molecule has 2 unspecified atom stereocenters. The standard InChI is InChI=1S/C17H30N2O3/c1-13(20)19-11-15(9-17(21)22-2)8-16(12-19)18-10-14-6-4-3-5-7-14/h14-16,18H,3-12H2,1-2H3. The average molecular weight is 310 g/mol. The van der Waals surface area contributed by atoms with E-state index in [0.717, 1.165) is 25.4 Å². The Kier molecular flexibility index (Phi) is 6.68. The number of piperidine rings is 1. The molecule has 126 valence electrons. The molecule has 5 heteroatoms. The average Bonchev–Trinajstić information content (AvgIpc) is 2.53. The lowest BCUT2D eigenvalue weighted by atomic mass is 9.88. The van der Waals surface area contributed by atoms with Gasteiger partial charge >= 0.3 is 5.97 Å². The van der Waals surface area contributed by atoms with Crippen molar-refractivity contribution in [2.24, 2.45) is 11.8 Å². The summed E-state index contributed by atoms with van der Waals surface area (Å²) in [6.45, 7) is 4.09. The second-order valence-electron chi connectivity index (χ2n) is 6.92. The third-order valence-corrected chi connectivity index (χ3v) is 5.09. The lowest BCUT2D eigenvalue weighted by Gasteiger charge is -2.38. The molecule has 2 fully saturated rings. The van der Waals surface area contributed by atoms with Gasteiger partial charge in [0.25, 0.3) is 0 Å². The van der Waals surface area contributed by atoms with Crippen LogP contribution in [0.1, 0.15) is 51.9 Å². The fraction of sp³-hybridized carbons (Fsp3) is 0.882. The van der Waals surface area contributed by atoms with E-state index in [9.17, 15) is 9.59 Å². The van der Waals surface area contributed by atoms with Crippen LogP contribution in [0.15, 0.2) is 0 Å². The van der Waals surface area contributed by atoms with Crippen molar-refractivity contribution < 1.29 is 14.3 Å². The first-order chi connectivity index (χ1) is 10.6. The number of nitrogens with zero attached hydrogens (tertiary/aromatic N) is 1. The molecule has 2 rings (SSSR count). The van der Waals surface area contributed by atoms with Gasteiger partial charge in [0.15, 0.2) is 0 Å². The Hall–Kier alpha value is -1.10. The van der Waals surface area contributed by atoms with Gasteiger partial charge in [-0.1, -0.05) is 19.3 Å². The van der Waals surface area contributed by atoms with E-state index >= 15 is 0 Å². The Labute approximate surface area is 133 Å². The van der Waals surface area contributed by atoms with Gasteiger partial charge in [-0.25, -0.2) is 0 Å². The molecule has 1 amide bonds. The Bertz CT molecular complexity index is 380. The summed E-state index contributed by atoms with van der Waals surface area (Å²) in [6.07, 6.45) is 8.07. The number of methoxy groups -OCH3 is 1. The third-order valence-electron chi connectivity index (χ3n) is 5.09. The lowest BCUT2D eigenvalue weighted by Crippen LogP contribution is -2.52. The van der Waals surface area contributed by atoms with Crippen molar-refractivity contribution in [3.05, 3.63) is 0 Å². The van der Waals surface area contributed by atoms with Crippen LogP contribution in [0.3, 0.4) is 0 Å². The smallest absolute Gasteiger partial charge is 0.305 e. The minimum atomic E-state index is -0.179. The Morgan fingerprint density at radius 1 is 1.14 bits per heavy atom. The molecule has 2 atom stereocenters. The monoisotopic (exact) mass is 310 g/mol. The van der Waals surface area contributed by atoms with E-state index in [2.05, 4.69) is 5.32 Å². The molecule has 0 radical (unpaired) electrons. The zero-order valence-corrected chi connectivity index (χ0v) is 14.0. The van der Waals surface area contributed by atoms with Gasteiger partial charge in [0, 0.05) is 26.1 Å². The first-order valence-electron chi connectivity index (χ1n) is 8.64. The van der Waals surface area contributed by atoms with Crippen molar-refractivity contribution >= 4 is 11.9 Å². The number of likely N-dealkylation sites (tertiary alicyclic amines) is 1. The van der Waals surface area contributed by atoms with Crippen LogP contribution in [0.5, 0.6) is 0 Å². The lowest BCUT2D eigenvalue weighted by molar-refractivity contribution is -0.143. The minimum absolute atomic E-state index is 0.0963. The maximum Gasteiger partial charge on any atom is 0.305 e. The van der Waals surface area contributed by atoms with Gasteiger partial charge in [0.1, 0.15) is 0 Å². The molecule has 1 saturated heterocycles. The number of nitrogens with one attached hydrogen (secondary N) is 1. The van der Waals surface area contributed by atoms with E-state index < -0.39 is 0 Å². The second kappa shape index (κ2) is 8.51. The molecule has 0 spiro atoms. The summed E-state index contributed by atoms with van der Waals surface area (Å²) in [5, 5.41) is 3.65. The zero-order chi connectivity index (χ0) is 15.9. The van der Waals surface area contributed by atoms with Gasteiger partial charge in [0.2, 0.25) is 5.91 Å². The maximum absolute atomic E-state index is 11.7. The predicted octanol–water partition coefficient (Wildman–Crippen LogP) is 1.96. The summed E-state index contributed by atoms with van der Waals surface area (Å²) >= 11 is 0. The predicted molar refractivity (Wildman–Crippen MR) is 85.4 cm³/mol. The Morgan fingerprint density at radius 2 is 1.86 bits per heavy atom. The number of amides is 1. The number of esters is 1. The fourth-order valence-electron chi connectivity index (χ4n) is 3.80.